The molecule has 1 atom stereocenters. The molecule has 0 N–H and O–H groups in total. The van der Waals surface area contributed by atoms with Crippen LogP contribution < -0.4 is 24.8 Å². The zero-order valence-electron chi connectivity index (χ0n) is 26.9. The van der Waals surface area contributed by atoms with Crippen LogP contribution in [0.2, 0.25) is 0 Å². The molecule has 0 nitrogen and oxygen atoms in total. The molecular formula is C41H44Cl2Zr-2. The minimum Gasteiger partial charge on any atom is -1.00 e. The fourth-order valence-electron chi connectivity index (χ4n) is 5.21. The first kappa shape index (κ1) is 37.7. The summed E-state index contributed by atoms with van der Waals surface area (Å²) in [5.74, 6) is 0.592. The molecule has 5 aromatic carbocycles. The van der Waals surface area contributed by atoms with Gasteiger partial charge in [0.1, 0.15) is 0 Å². The molecule has 1 unspecified atom stereocenters. The Balaban J connectivity index is 0.000000303. The Labute approximate surface area is 293 Å². The molecule has 1 aliphatic rings. The van der Waals surface area contributed by atoms with Crippen molar-refractivity contribution in [1.29, 1.82) is 0 Å². The summed E-state index contributed by atoms with van der Waals surface area (Å²) in [6.07, 6.45) is 11.9. The third kappa shape index (κ3) is 10.6. The van der Waals surface area contributed by atoms with E-state index in [9.17, 15) is 0 Å². The van der Waals surface area contributed by atoms with Crippen LogP contribution in [0.1, 0.15) is 60.8 Å². The number of rotatable bonds is 5. The second-order valence-electron chi connectivity index (χ2n) is 12.4. The standard InChI is InChI=1S/C25H17.C13H21.C3H6.2ClH.Zr/c1-3-7-18(8-4-1)20-11-13-24-22(15-20)17-23-16-21(12-14-25(23)24)19-9-5-2-6-10-19;1-5-6-7-11-8-9-12(10-11)13(2,3)4;1-3-2;;;/h1-17H;9-11H,5-7H2,1-4H3;1-2H3;2*1H;/q2*-1;;;;+2/p-2. The zero-order valence-corrected chi connectivity index (χ0v) is 30.9. The van der Waals surface area contributed by atoms with Gasteiger partial charge in [-0.05, 0) is 11.1 Å². The molecule has 0 saturated carbocycles. The van der Waals surface area contributed by atoms with Crippen molar-refractivity contribution < 1.29 is 49.0 Å². The van der Waals surface area contributed by atoms with Gasteiger partial charge in [-0.2, -0.15) is 11.6 Å². The molecule has 0 aliphatic heterocycles. The maximum Gasteiger partial charge on any atom is -0.0259 e. The van der Waals surface area contributed by atoms with Crippen molar-refractivity contribution >= 4 is 24.8 Å². The third-order valence-electron chi connectivity index (χ3n) is 7.49. The minimum absolute atomic E-state index is 0. The van der Waals surface area contributed by atoms with Gasteiger partial charge in [0.2, 0.25) is 0 Å². The number of hydrogen-bond donors (Lipinski definition) is 0. The SMILES string of the molecule is CCCCC1[C-]=CC(C(C)(C)C)=C1.C[C](C)=[Zr+2].[Cl-].[Cl-].c1ccc(-c2ccc3c(c2)[cH-]c2cc(-c4ccccc4)ccc23)cc1. The number of benzene rings is 4. The molecule has 0 amide bonds. The molecule has 5 aromatic rings. The Bertz CT molecular complexity index is 1570. The van der Waals surface area contributed by atoms with E-state index in [0.717, 1.165) is 0 Å². The maximum atomic E-state index is 3.43. The fourth-order valence-corrected chi connectivity index (χ4v) is 5.21. The smallest absolute Gasteiger partial charge is 0.0259 e. The molecule has 0 aromatic heterocycles. The van der Waals surface area contributed by atoms with Crippen LogP contribution in [0.3, 0.4) is 0 Å². The topological polar surface area (TPSA) is 0 Å². The molecule has 0 spiro atoms. The molecule has 0 saturated heterocycles. The number of unbranched alkanes of at least 4 members (excludes halogenated alkanes) is 1. The van der Waals surface area contributed by atoms with Gasteiger partial charge in [-0.1, -0.05) is 154 Å². The van der Waals surface area contributed by atoms with E-state index in [2.05, 4.69) is 163 Å². The third-order valence-corrected chi connectivity index (χ3v) is 7.49. The largest absolute Gasteiger partial charge is 1.00 e. The first-order chi connectivity index (χ1) is 20.2. The van der Waals surface area contributed by atoms with E-state index < -0.39 is 0 Å². The Kier molecular flexibility index (Phi) is 15.4. The van der Waals surface area contributed by atoms with Gasteiger partial charge in [0.05, 0.1) is 0 Å². The second kappa shape index (κ2) is 17.9. The molecule has 0 radical (unpaired) electrons. The van der Waals surface area contributed by atoms with E-state index in [0.29, 0.717) is 11.3 Å². The maximum absolute atomic E-state index is 3.43. The predicted molar refractivity (Wildman–Crippen MR) is 183 cm³/mol. The van der Waals surface area contributed by atoms with E-state index >= 15 is 0 Å². The van der Waals surface area contributed by atoms with Crippen LogP contribution in [0.4, 0.5) is 0 Å². The summed E-state index contributed by atoms with van der Waals surface area (Å²) in [5.41, 5.74) is 6.82. The average Bonchev–Trinajstić information content (AvgIpc) is 3.61. The van der Waals surface area contributed by atoms with Crippen LogP contribution in [0.25, 0.3) is 43.8 Å². The molecule has 228 valence electrons. The van der Waals surface area contributed by atoms with Crippen molar-refractivity contribution in [3.8, 4) is 22.3 Å². The monoisotopic (exact) mass is 696 g/mol. The van der Waals surface area contributed by atoms with Crippen molar-refractivity contribution in [2.45, 2.75) is 60.8 Å². The predicted octanol–water partition coefficient (Wildman–Crippen LogP) is 5.94. The van der Waals surface area contributed by atoms with Gasteiger partial charge in [0, 0.05) is 0 Å². The summed E-state index contributed by atoms with van der Waals surface area (Å²) in [6, 6.07) is 37.0. The molecule has 44 heavy (non-hydrogen) atoms. The first-order valence-electron chi connectivity index (χ1n) is 15.2. The summed E-state index contributed by atoms with van der Waals surface area (Å²) in [5, 5.41) is 5.27. The van der Waals surface area contributed by atoms with Gasteiger partial charge in [0.15, 0.2) is 0 Å². The average molecular weight is 699 g/mol. The summed E-state index contributed by atoms with van der Waals surface area (Å²) in [7, 11) is 0. The minimum atomic E-state index is 0. The normalized spacial score (nSPS) is 13.5. The van der Waals surface area contributed by atoms with Gasteiger partial charge in [0.25, 0.3) is 0 Å². The summed E-state index contributed by atoms with van der Waals surface area (Å²) >= 11 is 1.55. The van der Waals surface area contributed by atoms with Gasteiger partial charge < -0.3 is 24.8 Å². The van der Waals surface area contributed by atoms with Gasteiger partial charge >= 0.3 is 41.3 Å². The van der Waals surface area contributed by atoms with Crippen LogP contribution in [0, 0.1) is 17.4 Å². The molecule has 0 bridgehead atoms. The molecule has 6 rings (SSSR count). The van der Waals surface area contributed by atoms with Gasteiger partial charge in [-0.15, -0.1) is 39.7 Å². The fraction of sp³-hybridized carbons (Fsp3) is 0.268. The van der Waals surface area contributed by atoms with Crippen LogP contribution in [-0.4, -0.2) is 3.21 Å². The van der Waals surface area contributed by atoms with Crippen LogP contribution in [0.5, 0.6) is 0 Å². The second-order valence-corrected chi connectivity index (χ2v) is 14.9. The Morgan fingerprint density at radius 1 is 0.727 bits per heavy atom. The van der Waals surface area contributed by atoms with E-state index in [1.807, 2.05) is 0 Å². The van der Waals surface area contributed by atoms with E-state index in [-0.39, 0.29) is 24.8 Å². The Hall–Kier alpha value is -2.44. The first-order valence-corrected chi connectivity index (χ1v) is 16.5. The summed E-state index contributed by atoms with van der Waals surface area (Å²) in [4.78, 5) is 0. The summed E-state index contributed by atoms with van der Waals surface area (Å²) < 4.78 is 1.51. The van der Waals surface area contributed by atoms with Crippen molar-refractivity contribution in [2.24, 2.45) is 11.3 Å². The van der Waals surface area contributed by atoms with Crippen molar-refractivity contribution in [3.63, 3.8) is 0 Å². The number of fused-ring (bicyclic) bond motifs is 3. The van der Waals surface area contributed by atoms with E-state index in [4.69, 9.17) is 0 Å². The molecule has 0 heterocycles. The Morgan fingerprint density at radius 3 is 1.57 bits per heavy atom. The van der Waals surface area contributed by atoms with Crippen LogP contribution >= 0.6 is 0 Å². The zero-order chi connectivity index (χ0) is 30.1. The van der Waals surface area contributed by atoms with E-state index in [1.54, 1.807) is 24.2 Å². The van der Waals surface area contributed by atoms with Crippen LogP contribution in [0.15, 0.2) is 121 Å². The molecule has 3 heteroatoms. The Morgan fingerprint density at radius 2 is 1.18 bits per heavy atom. The number of allylic oxidation sites excluding steroid dienone is 4. The van der Waals surface area contributed by atoms with Gasteiger partial charge in [-0.25, -0.2) is 6.08 Å². The molecular weight excluding hydrogens is 655 g/mol. The summed E-state index contributed by atoms with van der Waals surface area (Å²) in [6.45, 7) is 13.3. The van der Waals surface area contributed by atoms with Crippen molar-refractivity contribution in [1.82, 2.24) is 0 Å². The van der Waals surface area contributed by atoms with Crippen molar-refractivity contribution in [3.05, 3.63) is 127 Å². The number of halogens is 2. The van der Waals surface area contributed by atoms with Crippen LogP contribution in [-0.2, 0) is 24.2 Å². The molecule has 1 aliphatic carbocycles. The quantitative estimate of drug-likeness (QED) is 0.200. The van der Waals surface area contributed by atoms with Crippen molar-refractivity contribution in [2.75, 3.05) is 0 Å². The van der Waals surface area contributed by atoms with Gasteiger partial charge in [-0.3, -0.25) is 6.08 Å². The number of hydrogen-bond acceptors (Lipinski definition) is 0. The van der Waals surface area contributed by atoms with E-state index in [1.165, 1.54) is 71.8 Å². The molecule has 0 fully saturated rings.